The average molecular weight is 356 g/mol. The minimum absolute atomic E-state index is 0.312. The number of amides is 1. The van der Waals surface area contributed by atoms with Crippen LogP contribution in [0.15, 0.2) is 60.9 Å². The number of anilines is 3. The molecule has 0 aliphatic heterocycles. The first-order valence-corrected chi connectivity index (χ1v) is 7.95. The largest absolute Gasteiger partial charge is 0.352 e. The molecular weight excluding hydrogens is 341 g/mol. The molecule has 0 atom stereocenters. The van der Waals surface area contributed by atoms with Crippen LogP contribution in [0.2, 0.25) is 5.02 Å². The van der Waals surface area contributed by atoms with E-state index in [2.05, 4.69) is 15.6 Å². The predicted molar refractivity (Wildman–Crippen MR) is 98.1 cm³/mol. The summed E-state index contributed by atoms with van der Waals surface area (Å²) in [7, 11) is 0. The third kappa shape index (κ3) is 4.14. The first-order valence-electron chi connectivity index (χ1n) is 7.57. The van der Waals surface area contributed by atoms with Gasteiger partial charge in [0.1, 0.15) is 5.82 Å². The van der Waals surface area contributed by atoms with Gasteiger partial charge in [-0.3, -0.25) is 9.78 Å². The Labute approximate surface area is 149 Å². The second-order valence-corrected chi connectivity index (χ2v) is 5.89. The van der Waals surface area contributed by atoms with E-state index in [4.69, 9.17) is 11.6 Å². The molecule has 0 spiro atoms. The SMILES string of the molecule is Cc1ccc(NC(=O)c2cncc(Nc3ccccc3F)c2)cc1Cl. The van der Waals surface area contributed by atoms with Gasteiger partial charge in [0, 0.05) is 16.9 Å². The van der Waals surface area contributed by atoms with E-state index in [1.807, 2.05) is 13.0 Å². The standard InChI is InChI=1S/C19H15ClFN3O/c1-12-6-7-14(9-16(12)20)24-19(25)13-8-15(11-22-10-13)23-18-5-3-2-4-17(18)21/h2-11,23H,1H3,(H,24,25). The number of carbonyl (C=O) groups excluding carboxylic acids is 1. The third-order valence-electron chi connectivity index (χ3n) is 3.58. The number of hydrogen-bond acceptors (Lipinski definition) is 3. The van der Waals surface area contributed by atoms with Gasteiger partial charge in [-0.25, -0.2) is 4.39 Å². The molecule has 1 aromatic heterocycles. The normalized spacial score (nSPS) is 10.4. The topological polar surface area (TPSA) is 54.0 Å². The van der Waals surface area contributed by atoms with Crippen molar-refractivity contribution in [2.45, 2.75) is 6.92 Å². The van der Waals surface area contributed by atoms with Gasteiger partial charge in [-0.1, -0.05) is 29.8 Å². The predicted octanol–water partition coefficient (Wildman–Crippen LogP) is 5.18. The van der Waals surface area contributed by atoms with Gasteiger partial charge in [-0.05, 0) is 42.8 Å². The lowest BCUT2D eigenvalue weighted by atomic mass is 10.2. The number of hydrogen-bond donors (Lipinski definition) is 2. The first-order chi connectivity index (χ1) is 12.0. The van der Waals surface area contributed by atoms with Crippen molar-refractivity contribution in [3.05, 3.63) is 82.9 Å². The van der Waals surface area contributed by atoms with Gasteiger partial charge >= 0.3 is 0 Å². The molecule has 3 aromatic rings. The summed E-state index contributed by atoms with van der Waals surface area (Å²) in [5.41, 5.74) is 2.69. The molecule has 0 saturated heterocycles. The number of nitrogens with one attached hydrogen (secondary N) is 2. The molecule has 0 radical (unpaired) electrons. The molecule has 0 saturated carbocycles. The van der Waals surface area contributed by atoms with Crippen molar-refractivity contribution in [2.24, 2.45) is 0 Å². The minimum atomic E-state index is -0.383. The summed E-state index contributed by atoms with van der Waals surface area (Å²) in [5, 5.41) is 6.25. The summed E-state index contributed by atoms with van der Waals surface area (Å²) in [6.07, 6.45) is 2.96. The van der Waals surface area contributed by atoms with Gasteiger partial charge in [-0.2, -0.15) is 0 Å². The van der Waals surface area contributed by atoms with Crippen molar-refractivity contribution < 1.29 is 9.18 Å². The molecule has 0 bridgehead atoms. The maximum absolute atomic E-state index is 13.7. The van der Waals surface area contributed by atoms with Crippen LogP contribution in [0.3, 0.4) is 0 Å². The monoisotopic (exact) mass is 355 g/mol. The molecular formula is C19H15ClFN3O. The summed E-state index contributed by atoms with van der Waals surface area (Å²) in [6, 6.07) is 13.2. The zero-order valence-corrected chi connectivity index (χ0v) is 14.1. The summed E-state index contributed by atoms with van der Waals surface area (Å²) in [4.78, 5) is 16.4. The minimum Gasteiger partial charge on any atom is -0.352 e. The lowest BCUT2D eigenvalue weighted by Gasteiger charge is -2.10. The maximum atomic E-state index is 13.7. The van der Waals surface area contributed by atoms with Crippen LogP contribution < -0.4 is 10.6 Å². The van der Waals surface area contributed by atoms with Crippen molar-refractivity contribution in [1.82, 2.24) is 4.98 Å². The Bertz CT molecular complexity index is 930. The molecule has 2 aromatic carbocycles. The molecule has 126 valence electrons. The summed E-state index contributed by atoms with van der Waals surface area (Å²) in [6.45, 7) is 1.88. The van der Waals surface area contributed by atoms with Crippen molar-refractivity contribution >= 4 is 34.6 Å². The molecule has 25 heavy (non-hydrogen) atoms. The van der Waals surface area contributed by atoms with E-state index in [9.17, 15) is 9.18 Å². The van der Waals surface area contributed by atoms with Crippen LogP contribution in [0, 0.1) is 12.7 Å². The number of rotatable bonds is 4. The molecule has 4 nitrogen and oxygen atoms in total. The summed E-state index contributed by atoms with van der Waals surface area (Å²) >= 11 is 6.06. The van der Waals surface area contributed by atoms with E-state index in [1.54, 1.807) is 36.4 Å². The highest BCUT2D eigenvalue weighted by Gasteiger charge is 2.09. The lowest BCUT2D eigenvalue weighted by Crippen LogP contribution is -2.12. The number of para-hydroxylation sites is 1. The molecule has 3 rings (SSSR count). The van der Waals surface area contributed by atoms with Crippen LogP contribution in [0.25, 0.3) is 0 Å². The molecule has 1 amide bonds. The highest BCUT2D eigenvalue weighted by molar-refractivity contribution is 6.31. The van der Waals surface area contributed by atoms with Crippen molar-refractivity contribution in [3.8, 4) is 0 Å². The second-order valence-electron chi connectivity index (χ2n) is 5.49. The highest BCUT2D eigenvalue weighted by Crippen LogP contribution is 2.22. The Morgan fingerprint density at radius 2 is 1.88 bits per heavy atom. The van der Waals surface area contributed by atoms with Crippen LogP contribution in [0.4, 0.5) is 21.5 Å². The van der Waals surface area contributed by atoms with Crippen LogP contribution in [-0.4, -0.2) is 10.9 Å². The average Bonchev–Trinajstić information content (AvgIpc) is 2.60. The Hall–Kier alpha value is -2.92. The van der Waals surface area contributed by atoms with E-state index in [0.717, 1.165) is 5.56 Å². The Kier molecular flexibility index (Phi) is 4.95. The summed E-state index contributed by atoms with van der Waals surface area (Å²) in [5.74, 6) is -0.712. The van der Waals surface area contributed by atoms with E-state index >= 15 is 0 Å². The van der Waals surface area contributed by atoms with Crippen LogP contribution in [0.1, 0.15) is 15.9 Å². The van der Waals surface area contributed by atoms with Crippen LogP contribution in [-0.2, 0) is 0 Å². The number of pyridine rings is 1. The Morgan fingerprint density at radius 1 is 1.08 bits per heavy atom. The zero-order chi connectivity index (χ0) is 17.8. The number of carbonyl (C=O) groups is 1. The Balaban J connectivity index is 1.77. The third-order valence-corrected chi connectivity index (χ3v) is 3.99. The van der Waals surface area contributed by atoms with Crippen molar-refractivity contribution in [3.63, 3.8) is 0 Å². The molecule has 2 N–H and O–H groups in total. The van der Waals surface area contributed by atoms with Gasteiger partial charge in [0.05, 0.1) is 23.1 Å². The molecule has 0 aliphatic rings. The van der Waals surface area contributed by atoms with E-state index in [-0.39, 0.29) is 11.7 Å². The Morgan fingerprint density at radius 3 is 2.64 bits per heavy atom. The second kappa shape index (κ2) is 7.32. The summed E-state index contributed by atoms with van der Waals surface area (Å²) < 4.78 is 13.7. The van der Waals surface area contributed by atoms with Gasteiger partial charge < -0.3 is 10.6 Å². The quantitative estimate of drug-likeness (QED) is 0.678. The van der Waals surface area contributed by atoms with Gasteiger partial charge in [0.2, 0.25) is 0 Å². The van der Waals surface area contributed by atoms with Gasteiger partial charge in [0.25, 0.3) is 5.91 Å². The molecule has 1 heterocycles. The number of aryl methyl sites for hydroxylation is 1. The van der Waals surface area contributed by atoms with E-state index < -0.39 is 0 Å². The van der Waals surface area contributed by atoms with E-state index in [0.29, 0.717) is 27.6 Å². The fraction of sp³-hybridized carbons (Fsp3) is 0.0526. The first kappa shape index (κ1) is 16.9. The van der Waals surface area contributed by atoms with Crippen molar-refractivity contribution in [2.75, 3.05) is 10.6 Å². The highest BCUT2D eigenvalue weighted by atomic mass is 35.5. The van der Waals surface area contributed by atoms with Crippen LogP contribution in [0.5, 0.6) is 0 Å². The molecule has 0 aliphatic carbocycles. The number of halogens is 2. The van der Waals surface area contributed by atoms with Gasteiger partial charge in [0.15, 0.2) is 0 Å². The molecule has 0 unspecified atom stereocenters. The molecule has 0 fully saturated rings. The van der Waals surface area contributed by atoms with Crippen LogP contribution >= 0.6 is 11.6 Å². The number of benzene rings is 2. The van der Waals surface area contributed by atoms with Gasteiger partial charge in [-0.15, -0.1) is 0 Å². The smallest absolute Gasteiger partial charge is 0.257 e. The number of aromatic nitrogens is 1. The van der Waals surface area contributed by atoms with Crippen molar-refractivity contribution in [1.29, 1.82) is 0 Å². The van der Waals surface area contributed by atoms with E-state index in [1.165, 1.54) is 18.5 Å². The fourth-order valence-electron chi connectivity index (χ4n) is 2.22. The fourth-order valence-corrected chi connectivity index (χ4v) is 2.40. The lowest BCUT2D eigenvalue weighted by molar-refractivity contribution is 0.102. The zero-order valence-electron chi connectivity index (χ0n) is 13.4. The maximum Gasteiger partial charge on any atom is 0.257 e. The molecule has 6 heteroatoms. The number of nitrogens with zero attached hydrogens (tertiary/aromatic N) is 1.